The molecule has 154 valence electrons. The molecule has 0 saturated heterocycles. The number of rotatable bonds is 7. The lowest BCUT2D eigenvalue weighted by Gasteiger charge is -2.23. The van der Waals surface area contributed by atoms with Crippen molar-refractivity contribution in [3.8, 4) is 0 Å². The number of sulfonamides is 1. The Bertz CT molecular complexity index is 1140. The largest absolute Gasteiger partial charge is 0.331 e. The Morgan fingerprint density at radius 2 is 1.67 bits per heavy atom. The molecular weight excluding hydrogens is 403 g/mol. The minimum atomic E-state index is -3.91. The normalized spacial score (nSPS) is 13.6. The smallest absolute Gasteiger partial charge is 0.261 e. The highest BCUT2D eigenvalue weighted by molar-refractivity contribution is 7.92. The molecule has 0 atom stereocenters. The predicted molar refractivity (Wildman–Crippen MR) is 113 cm³/mol. The Balaban J connectivity index is 1.57. The molecule has 3 aromatic rings. The number of anilines is 1. The second kappa shape index (κ2) is 8.28. The van der Waals surface area contributed by atoms with Crippen LogP contribution in [-0.2, 0) is 16.6 Å². The summed E-state index contributed by atoms with van der Waals surface area (Å²) in [6, 6.07) is 20.9. The molecule has 1 aliphatic carbocycles. The summed E-state index contributed by atoms with van der Waals surface area (Å²) in [5, 5.41) is 0. The molecule has 5 nitrogen and oxygen atoms in total. The van der Waals surface area contributed by atoms with Crippen LogP contribution in [0.15, 0.2) is 83.8 Å². The van der Waals surface area contributed by atoms with E-state index in [9.17, 15) is 17.6 Å². The van der Waals surface area contributed by atoms with Crippen molar-refractivity contribution in [2.24, 2.45) is 0 Å². The van der Waals surface area contributed by atoms with Crippen LogP contribution < -0.4 is 4.72 Å². The predicted octanol–water partition coefficient (Wildman–Crippen LogP) is 4.43. The highest BCUT2D eigenvalue weighted by Crippen LogP contribution is 2.30. The summed E-state index contributed by atoms with van der Waals surface area (Å²) in [6.45, 7) is 0.481. The molecule has 0 aromatic heterocycles. The van der Waals surface area contributed by atoms with Crippen LogP contribution in [0.5, 0.6) is 0 Å². The standard InChI is InChI=1S/C23H21FN2O3S/c24-19-9-11-20(12-10-19)25-30(28,29)22-8-4-7-18(15-22)23(27)26(21-13-14-21)16-17-5-2-1-3-6-17/h1-12,15,21,25H,13-14,16H2. The summed E-state index contributed by atoms with van der Waals surface area (Å²) in [5.74, 6) is -0.649. The van der Waals surface area contributed by atoms with E-state index in [0.29, 0.717) is 12.1 Å². The van der Waals surface area contributed by atoms with Gasteiger partial charge in [0.1, 0.15) is 5.82 Å². The number of nitrogens with one attached hydrogen (secondary N) is 1. The minimum absolute atomic E-state index is 0.0202. The number of hydrogen-bond acceptors (Lipinski definition) is 3. The fourth-order valence-corrected chi connectivity index (χ4v) is 4.33. The van der Waals surface area contributed by atoms with E-state index >= 15 is 0 Å². The molecule has 0 unspecified atom stereocenters. The van der Waals surface area contributed by atoms with Gasteiger partial charge < -0.3 is 4.90 Å². The van der Waals surface area contributed by atoms with E-state index in [2.05, 4.69) is 4.72 Å². The molecule has 0 bridgehead atoms. The molecule has 4 rings (SSSR count). The van der Waals surface area contributed by atoms with E-state index in [1.165, 1.54) is 36.4 Å². The molecule has 0 spiro atoms. The molecule has 0 radical (unpaired) electrons. The molecule has 1 saturated carbocycles. The van der Waals surface area contributed by atoms with Crippen LogP contribution in [0.1, 0.15) is 28.8 Å². The van der Waals surface area contributed by atoms with E-state index in [0.717, 1.165) is 18.4 Å². The van der Waals surface area contributed by atoms with Gasteiger partial charge in [0.25, 0.3) is 15.9 Å². The zero-order valence-electron chi connectivity index (χ0n) is 16.2. The van der Waals surface area contributed by atoms with Crippen LogP contribution in [0.25, 0.3) is 0 Å². The van der Waals surface area contributed by atoms with Crippen LogP contribution in [0.4, 0.5) is 10.1 Å². The zero-order valence-corrected chi connectivity index (χ0v) is 17.0. The molecule has 30 heavy (non-hydrogen) atoms. The van der Waals surface area contributed by atoms with Crippen molar-refractivity contribution in [1.82, 2.24) is 4.90 Å². The van der Waals surface area contributed by atoms with Crippen LogP contribution in [0.3, 0.4) is 0 Å². The van der Waals surface area contributed by atoms with Gasteiger partial charge in [-0.05, 0) is 60.9 Å². The first kappa shape index (κ1) is 20.1. The Labute approximate surface area is 175 Å². The summed E-state index contributed by atoms with van der Waals surface area (Å²) in [4.78, 5) is 15.0. The van der Waals surface area contributed by atoms with Gasteiger partial charge in [0, 0.05) is 23.8 Å². The Hall–Kier alpha value is -3.19. The fraction of sp³-hybridized carbons (Fsp3) is 0.174. The van der Waals surface area contributed by atoms with Gasteiger partial charge in [0.2, 0.25) is 0 Å². The second-order valence-electron chi connectivity index (χ2n) is 7.29. The topological polar surface area (TPSA) is 66.5 Å². The average molecular weight is 424 g/mol. The number of amides is 1. The molecule has 0 heterocycles. The number of benzene rings is 3. The Morgan fingerprint density at radius 3 is 2.33 bits per heavy atom. The Morgan fingerprint density at radius 1 is 0.967 bits per heavy atom. The van der Waals surface area contributed by atoms with Gasteiger partial charge in [-0.3, -0.25) is 9.52 Å². The van der Waals surface area contributed by atoms with E-state index in [4.69, 9.17) is 0 Å². The van der Waals surface area contributed by atoms with Crippen molar-refractivity contribution in [3.63, 3.8) is 0 Å². The molecule has 1 fully saturated rings. The lowest BCUT2D eigenvalue weighted by molar-refractivity contribution is 0.0729. The lowest BCUT2D eigenvalue weighted by atomic mass is 10.1. The van der Waals surface area contributed by atoms with Gasteiger partial charge >= 0.3 is 0 Å². The number of halogens is 1. The third-order valence-electron chi connectivity index (χ3n) is 4.93. The molecule has 1 aliphatic rings. The van der Waals surface area contributed by atoms with Crippen molar-refractivity contribution in [2.75, 3.05) is 4.72 Å². The van der Waals surface area contributed by atoms with E-state index in [1.807, 2.05) is 30.3 Å². The van der Waals surface area contributed by atoms with Crippen molar-refractivity contribution in [1.29, 1.82) is 0 Å². The van der Waals surface area contributed by atoms with Gasteiger partial charge in [-0.25, -0.2) is 12.8 Å². The van der Waals surface area contributed by atoms with E-state index < -0.39 is 15.8 Å². The lowest BCUT2D eigenvalue weighted by Crippen LogP contribution is -2.32. The number of carbonyl (C=O) groups excluding carboxylic acids is 1. The third-order valence-corrected chi connectivity index (χ3v) is 6.31. The van der Waals surface area contributed by atoms with Crippen molar-refractivity contribution in [2.45, 2.75) is 30.3 Å². The van der Waals surface area contributed by atoms with Gasteiger partial charge in [0.15, 0.2) is 0 Å². The molecular formula is C23H21FN2O3S. The minimum Gasteiger partial charge on any atom is -0.331 e. The monoisotopic (exact) mass is 424 g/mol. The van der Waals surface area contributed by atoms with Gasteiger partial charge in [-0.2, -0.15) is 0 Å². The third kappa shape index (κ3) is 4.68. The first-order chi connectivity index (χ1) is 14.4. The van der Waals surface area contributed by atoms with Gasteiger partial charge in [0.05, 0.1) is 4.90 Å². The molecule has 7 heteroatoms. The summed E-state index contributed by atoms with van der Waals surface area (Å²) in [5.41, 5.74) is 1.59. The maximum absolute atomic E-state index is 13.2. The van der Waals surface area contributed by atoms with Crippen molar-refractivity contribution >= 4 is 21.6 Å². The summed E-state index contributed by atoms with van der Waals surface area (Å²) >= 11 is 0. The molecule has 0 aliphatic heterocycles. The average Bonchev–Trinajstić information content (AvgIpc) is 3.59. The summed E-state index contributed by atoms with van der Waals surface area (Å²) in [7, 11) is -3.91. The summed E-state index contributed by atoms with van der Waals surface area (Å²) in [6.07, 6.45) is 1.89. The van der Waals surface area contributed by atoms with Crippen molar-refractivity contribution < 1.29 is 17.6 Å². The SMILES string of the molecule is O=C(c1cccc(S(=O)(=O)Nc2ccc(F)cc2)c1)N(Cc1ccccc1)C1CC1. The summed E-state index contributed by atoms with van der Waals surface area (Å²) < 4.78 is 41.0. The molecule has 1 N–H and O–H groups in total. The number of carbonyl (C=O) groups is 1. The van der Waals surface area contributed by atoms with Crippen LogP contribution in [0.2, 0.25) is 0 Å². The quantitative estimate of drug-likeness (QED) is 0.610. The number of hydrogen-bond donors (Lipinski definition) is 1. The first-order valence-electron chi connectivity index (χ1n) is 9.66. The highest BCUT2D eigenvalue weighted by atomic mass is 32.2. The van der Waals surface area contributed by atoms with Crippen molar-refractivity contribution in [3.05, 3.63) is 95.8 Å². The zero-order chi connectivity index (χ0) is 21.1. The molecule has 3 aromatic carbocycles. The van der Waals surface area contributed by atoms with Gasteiger partial charge in [-0.15, -0.1) is 0 Å². The Kier molecular flexibility index (Phi) is 5.55. The van der Waals surface area contributed by atoms with Crippen LogP contribution >= 0.6 is 0 Å². The van der Waals surface area contributed by atoms with Crippen LogP contribution in [0, 0.1) is 5.82 Å². The number of nitrogens with zero attached hydrogens (tertiary/aromatic N) is 1. The van der Waals surface area contributed by atoms with E-state index in [1.54, 1.807) is 17.0 Å². The fourth-order valence-electron chi connectivity index (χ4n) is 3.23. The second-order valence-corrected chi connectivity index (χ2v) is 8.97. The highest BCUT2D eigenvalue weighted by Gasteiger charge is 2.33. The van der Waals surface area contributed by atoms with E-state index in [-0.39, 0.29) is 22.5 Å². The maximum atomic E-state index is 13.2. The maximum Gasteiger partial charge on any atom is 0.261 e. The van der Waals surface area contributed by atoms with Gasteiger partial charge in [-0.1, -0.05) is 36.4 Å². The molecule has 1 amide bonds. The van der Waals surface area contributed by atoms with Crippen LogP contribution in [-0.4, -0.2) is 25.3 Å². The first-order valence-corrected chi connectivity index (χ1v) is 11.1.